The van der Waals surface area contributed by atoms with E-state index in [0.717, 1.165) is 0 Å². The van der Waals surface area contributed by atoms with Gasteiger partial charge in [0.1, 0.15) is 5.69 Å². The number of carbonyl (C=O) groups excluding carboxylic acids is 1. The Kier molecular flexibility index (Phi) is 2.80. The van der Waals surface area contributed by atoms with E-state index in [2.05, 4.69) is 9.97 Å². The fourth-order valence-electron chi connectivity index (χ4n) is 1.72. The molecule has 0 saturated carbocycles. The first-order valence-electron chi connectivity index (χ1n) is 4.96. The second-order valence-electron chi connectivity index (χ2n) is 3.67. The first-order chi connectivity index (χ1) is 7.68. The SMILES string of the molecule is O=C(O)C1CCN(C(=O)c2cnccn2)C1. The van der Waals surface area contributed by atoms with Crippen LogP contribution in [0, 0.1) is 5.92 Å². The van der Waals surface area contributed by atoms with Crippen LogP contribution in [0.25, 0.3) is 0 Å². The van der Waals surface area contributed by atoms with Gasteiger partial charge in [0.15, 0.2) is 0 Å². The summed E-state index contributed by atoms with van der Waals surface area (Å²) in [5.74, 6) is -1.56. The summed E-state index contributed by atoms with van der Waals surface area (Å²) < 4.78 is 0. The van der Waals surface area contributed by atoms with Crippen molar-refractivity contribution in [1.82, 2.24) is 14.9 Å². The van der Waals surface area contributed by atoms with Crippen molar-refractivity contribution in [1.29, 1.82) is 0 Å². The van der Waals surface area contributed by atoms with Crippen molar-refractivity contribution in [3.05, 3.63) is 24.3 Å². The van der Waals surface area contributed by atoms with Crippen LogP contribution in [-0.4, -0.2) is 44.9 Å². The van der Waals surface area contributed by atoms with Crippen molar-refractivity contribution in [3.63, 3.8) is 0 Å². The number of likely N-dealkylation sites (tertiary alicyclic amines) is 1. The monoisotopic (exact) mass is 221 g/mol. The molecule has 1 amide bonds. The minimum absolute atomic E-state index is 0.253. The molecule has 6 heteroatoms. The average Bonchev–Trinajstić information content (AvgIpc) is 2.78. The van der Waals surface area contributed by atoms with E-state index in [4.69, 9.17) is 5.11 Å². The number of aliphatic carboxylic acids is 1. The van der Waals surface area contributed by atoms with Crippen LogP contribution in [0.1, 0.15) is 16.9 Å². The number of hydrogen-bond acceptors (Lipinski definition) is 4. The van der Waals surface area contributed by atoms with Gasteiger partial charge in [-0.25, -0.2) is 4.98 Å². The van der Waals surface area contributed by atoms with E-state index in [-0.39, 0.29) is 18.1 Å². The molecule has 16 heavy (non-hydrogen) atoms. The van der Waals surface area contributed by atoms with Crippen molar-refractivity contribution in [2.75, 3.05) is 13.1 Å². The number of carbonyl (C=O) groups is 2. The molecular weight excluding hydrogens is 210 g/mol. The van der Waals surface area contributed by atoms with Gasteiger partial charge >= 0.3 is 5.97 Å². The Morgan fingerprint density at radius 1 is 1.44 bits per heavy atom. The summed E-state index contributed by atoms with van der Waals surface area (Å²) >= 11 is 0. The van der Waals surface area contributed by atoms with E-state index in [0.29, 0.717) is 13.0 Å². The highest BCUT2D eigenvalue weighted by Crippen LogP contribution is 2.17. The quantitative estimate of drug-likeness (QED) is 0.761. The highest BCUT2D eigenvalue weighted by Gasteiger charge is 2.31. The molecule has 1 aliphatic rings. The van der Waals surface area contributed by atoms with Crippen molar-refractivity contribution in [2.45, 2.75) is 6.42 Å². The summed E-state index contributed by atoms with van der Waals surface area (Å²) in [5.41, 5.74) is 0.258. The third kappa shape index (κ3) is 2.00. The molecule has 0 aliphatic carbocycles. The lowest BCUT2D eigenvalue weighted by Gasteiger charge is -2.14. The van der Waals surface area contributed by atoms with Crippen molar-refractivity contribution >= 4 is 11.9 Å². The summed E-state index contributed by atoms with van der Waals surface area (Å²) in [6, 6.07) is 0. The van der Waals surface area contributed by atoms with Gasteiger partial charge in [0.05, 0.1) is 12.1 Å². The molecule has 1 N–H and O–H groups in total. The zero-order valence-electron chi connectivity index (χ0n) is 8.54. The molecule has 1 atom stereocenters. The zero-order chi connectivity index (χ0) is 11.5. The summed E-state index contributed by atoms with van der Waals surface area (Å²) in [6.07, 6.45) is 4.82. The highest BCUT2D eigenvalue weighted by atomic mass is 16.4. The van der Waals surface area contributed by atoms with Crippen LogP contribution in [-0.2, 0) is 4.79 Å². The number of rotatable bonds is 2. The number of hydrogen-bond donors (Lipinski definition) is 1. The van der Waals surface area contributed by atoms with Gasteiger partial charge in [-0.15, -0.1) is 0 Å². The first-order valence-corrected chi connectivity index (χ1v) is 4.96. The molecule has 1 saturated heterocycles. The van der Waals surface area contributed by atoms with Crippen molar-refractivity contribution in [3.8, 4) is 0 Å². The third-order valence-electron chi connectivity index (χ3n) is 2.61. The summed E-state index contributed by atoms with van der Waals surface area (Å²) in [5, 5.41) is 8.82. The second-order valence-corrected chi connectivity index (χ2v) is 3.67. The van der Waals surface area contributed by atoms with E-state index in [1.807, 2.05) is 0 Å². The minimum atomic E-state index is -0.852. The van der Waals surface area contributed by atoms with Crippen LogP contribution in [0.5, 0.6) is 0 Å². The van der Waals surface area contributed by atoms with Crippen LogP contribution in [0.2, 0.25) is 0 Å². The Balaban J connectivity index is 2.05. The molecule has 0 radical (unpaired) electrons. The molecule has 1 unspecified atom stereocenters. The van der Waals surface area contributed by atoms with Gasteiger partial charge in [-0.05, 0) is 6.42 Å². The predicted octanol–water partition coefficient (Wildman–Crippen LogP) is 0.0233. The summed E-state index contributed by atoms with van der Waals surface area (Å²) in [4.78, 5) is 31.8. The van der Waals surface area contributed by atoms with Gasteiger partial charge < -0.3 is 10.0 Å². The standard InChI is InChI=1S/C10H11N3O3/c14-9(8-5-11-2-3-12-8)13-4-1-7(6-13)10(15)16/h2-3,5,7H,1,4,6H2,(H,15,16). The highest BCUT2D eigenvalue weighted by molar-refractivity contribution is 5.92. The Bertz CT molecular complexity index is 407. The van der Waals surface area contributed by atoms with Crippen LogP contribution < -0.4 is 0 Å². The maximum atomic E-state index is 11.8. The number of aromatic nitrogens is 2. The minimum Gasteiger partial charge on any atom is -0.481 e. The van der Waals surface area contributed by atoms with Crippen molar-refractivity contribution < 1.29 is 14.7 Å². The molecule has 6 nitrogen and oxygen atoms in total. The van der Waals surface area contributed by atoms with Crippen LogP contribution in [0.15, 0.2) is 18.6 Å². The van der Waals surface area contributed by atoms with Crippen molar-refractivity contribution in [2.24, 2.45) is 5.92 Å². The maximum absolute atomic E-state index is 11.8. The van der Waals surface area contributed by atoms with Crippen LogP contribution in [0.3, 0.4) is 0 Å². The normalized spacial score (nSPS) is 19.8. The van der Waals surface area contributed by atoms with Gasteiger partial charge in [0.25, 0.3) is 5.91 Å². The first kappa shape index (κ1) is 10.5. The molecule has 0 aromatic carbocycles. The van der Waals surface area contributed by atoms with Crippen LogP contribution in [0.4, 0.5) is 0 Å². The van der Waals surface area contributed by atoms with E-state index < -0.39 is 11.9 Å². The topological polar surface area (TPSA) is 83.4 Å². The largest absolute Gasteiger partial charge is 0.481 e. The molecule has 2 heterocycles. The van der Waals surface area contributed by atoms with Gasteiger partial charge in [0, 0.05) is 25.5 Å². The summed E-state index contributed by atoms with van der Waals surface area (Å²) in [7, 11) is 0. The van der Waals surface area contributed by atoms with Gasteiger partial charge in [-0.3, -0.25) is 14.6 Å². The van der Waals surface area contributed by atoms with E-state index in [9.17, 15) is 9.59 Å². The predicted molar refractivity (Wildman–Crippen MR) is 53.7 cm³/mol. The maximum Gasteiger partial charge on any atom is 0.308 e. The molecule has 0 spiro atoms. The molecule has 1 aliphatic heterocycles. The second kappa shape index (κ2) is 4.26. The Morgan fingerprint density at radius 2 is 2.25 bits per heavy atom. The molecular formula is C10H11N3O3. The lowest BCUT2D eigenvalue weighted by atomic mass is 10.1. The summed E-state index contributed by atoms with van der Waals surface area (Å²) in [6.45, 7) is 0.719. The number of nitrogens with zero attached hydrogens (tertiary/aromatic N) is 3. The fraction of sp³-hybridized carbons (Fsp3) is 0.400. The van der Waals surface area contributed by atoms with Gasteiger partial charge in [0.2, 0.25) is 0 Å². The zero-order valence-corrected chi connectivity index (χ0v) is 8.54. The number of carboxylic acids is 1. The molecule has 2 rings (SSSR count). The van der Waals surface area contributed by atoms with E-state index >= 15 is 0 Å². The number of amides is 1. The number of carboxylic acid groups (broad SMARTS) is 1. The molecule has 1 aromatic heterocycles. The molecule has 0 bridgehead atoms. The van der Waals surface area contributed by atoms with Gasteiger partial charge in [-0.1, -0.05) is 0 Å². The Labute approximate surface area is 91.9 Å². The smallest absolute Gasteiger partial charge is 0.308 e. The van der Waals surface area contributed by atoms with Crippen LogP contribution >= 0.6 is 0 Å². The molecule has 1 fully saturated rings. The average molecular weight is 221 g/mol. The van der Waals surface area contributed by atoms with E-state index in [1.54, 1.807) is 0 Å². The lowest BCUT2D eigenvalue weighted by molar-refractivity contribution is -0.141. The Morgan fingerprint density at radius 3 is 2.81 bits per heavy atom. The Hall–Kier alpha value is -1.98. The molecule has 84 valence electrons. The van der Waals surface area contributed by atoms with Gasteiger partial charge in [-0.2, -0.15) is 0 Å². The molecule has 1 aromatic rings. The van der Waals surface area contributed by atoms with E-state index in [1.165, 1.54) is 23.5 Å². The fourth-order valence-corrected chi connectivity index (χ4v) is 1.72. The third-order valence-corrected chi connectivity index (χ3v) is 2.61. The lowest BCUT2D eigenvalue weighted by Crippen LogP contribution is -2.30.